The van der Waals surface area contributed by atoms with Crippen molar-refractivity contribution in [1.29, 1.82) is 0 Å². The summed E-state index contributed by atoms with van der Waals surface area (Å²) < 4.78 is 8.11. The maximum Gasteiger partial charge on any atom is 0.318 e. The van der Waals surface area contributed by atoms with Gasteiger partial charge in [-0.1, -0.05) is 24.3 Å². The first kappa shape index (κ1) is 17.0. The van der Waals surface area contributed by atoms with Crippen molar-refractivity contribution in [3.8, 4) is 0 Å². The van der Waals surface area contributed by atoms with Gasteiger partial charge in [0, 0.05) is 13.0 Å². The van der Waals surface area contributed by atoms with E-state index in [1.54, 1.807) is 0 Å². The van der Waals surface area contributed by atoms with E-state index < -0.39 is 0 Å². The fourth-order valence-electron chi connectivity index (χ4n) is 3.77. The molecule has 0 saturated carbocycles. The summed E-state index contributed by atoms with van der Waals surface area (Å²) in [5.74, 6) is 1.86. The van der Waals surface area contributed by atoms with Gasteiger partial charge in [0.05, 0.1) is 25.7 Å². The number of rotatable bonds is 3. The lowest BCUT2D eigenvalue weighted by Gasteiger charge is -2.38. The number of benzene rings is 1. The number of hydrogen-bond donors (Lipinski definition) is 1. The number of morpholine rings is 1. The van der Waals surface area contributed by atoms with Crippen LogP contribution in [0.3, 0.4) is 0 Å². The number of fused-ring (bicyclic) bond motifs is 1. The third kappa shape index (κ3) is 3.19. The standard InChI is InChI=1S/C19H25N5O2/c1-13-6-3-4-7-15(13)16-11-24(14(2)12-26-16)19(25)20-10-18-22-21-17-8-5-9-23(17)18/h3-4,6-7,14,16H,5,8-12H2,1-2H3,(H,20,25)/t14-,16+/m0/s1. The second-order valence-corrected chi connectivity index (χ2v) is 7.13. The molecule has 138 valence electrons. The molecule has 1 aromatic heterocycles. The van der Waals surface area contributed by atoms with Crippen molar-refractivity contribution in [1.82, 2.24) is 25.0 Å². The van der Waals surface area contributed by atoms with Crippen LogP contribution in [0.4, 0.5) is 4.79 Å². The van der Waals surface area contributed by atoms with Crippen LogP contribution < -0.4 is 5.32 Å². The van der Waals surface area contributed by atoms with E-state index in [9.17, 15) is 4.79 Å². The Morgan fingerprint density at radius 2 is 2.19 bits per heavy atom. The number of aryl methyl sites for hydroxylation is 2. The highest BCUT2D eigenvalue weighted by atomic mass is 16.5. The highest BCUT2D eigenvalue weighted by Gasteiger charge is 2.31. The Morgan fingerprint density at radius 3 is 3.04 bits per heavy atom. The molecule has 7 nitrogen and oxygen atoms in total. The summed E-state index contributed by atoms with van der Waals surface area (Å²) in [5.41, 5.74) is 2.33. The largest absolute Gasteiger partial charge is 0.370 e. The van der Waals surface area contributed by atoms with Crippen LogP contribution in [0.5, 0.6) is 0 Å². The molecular formula is C19H25N5O2. The van der Waals surface area contributed by atoms with Crippen LogP contribution in [0.1, 0.15) is 42.2 Å². The zero-order chi connectivity index (χ0) is 18.1. The molecule has 26 heavy (non-hydrogen) atoms. The van der Waals surface area contributed by atoms with E-state index in [0.717, 1.165) is 36.6 Å². The Balaban J connectivity index is 1.42. The Bertz CT molecular complexity index is 803. The summed E-state index contributed by atoms with van der Waals surface area (Å²) >= 11 is 0. The highest BCUT2D eigenvalue weighted by Crippen LogP contribution is 2.27. The minimum absolute atomic E-state index is 0.0411. The number of ether oxygens (including phenoxy) is 1. The van der Waals surface area contributed by atoms with Crippen LogP contribution in [0, 0.1) is 6.92 Å². The maximum absolute atomic E-state index is 12.8. The summed E-state index contributed by atoms with van der Waals surface area (Å²) in [5, 5.41) is 11.4. The van der Waals surface area contributed by atoms with Crippen LogP contribution in [0.15, 0.2) is 24.3 Å². The predicted molar refractivity (Wildman–Crippen MR) is 96.6 cm³/mol. The Labute approximate surface area is 153 Å². The number of nitrogens with one attached hydrogen (secondary N) is 1. The van der Waals surface area contributed by atoms with Crippen LogP contribution in [0.25, 0.3) is 0 Å². The molecule has 2 aliphatic heterocycles. The van der Waals surface area contributed by atoms with E-state index in [2.05, 4.69) is 39.1 Å². The van der Waals surface area contributed by atoms with E-state index >= 15 is 0 Å². The third-order valence-electron chi connectivity index (χ3n) is 5.31. The zero-order valence-corrected chi connectivity index (χ0v) is 15.3. The fraction of sp³-hybridized carbons (Fsp3) is 0.526. The first-order valence-electron chi connectivity index (χ1n) is 9.26. The molecule has 7 heteroatoms. The Hall–Kier alpha value is -2.41. The lowest BCUT2D eigenvalue weighted by Crippen LogP contribution is -2.52. The van der Waals surface area contributed by atoms with Crippen LogP contribution >= 0.6 is 0 Å². The second kappa shape index (κ2) is 7.07. The number of aromatic nitrogens is 3. The summed E-state index contributed by atoms with van der Waals surface area (Å²) in [6, 6.07) is 8.15. The van der Waals surface area contributed by atoms with Gasteiger partial charge in [0.15, 0.2) is 5.82 Å². The zero-order valence-electron chi connectivity index (χ0n) is 15.3. The molecule has 0 aliphatic carbocycles. The monoisotopic (exact) mass is 355 g/mol. The topological polar surface area (TPSA) is 72.3 Å². The van der Waals surface area contributed by atoms with Crippen molar-refractivity contribution in [2.24, 2.45) is 0 Å². The molecule has 2 amide bonds. The normalized spacial score (nSPS) is 22.3. The molecule has 2 atom stereocenters. The molecule has 4 rings (SSSR count). The average Bonchev–Trinajstić information content (AvgIpc) is 3.25. The lowest BCUT2D eigenvalue weighted by atomic mass is 10.0. The van der Waals surface area contributed by atoms with Crippen molar-refractivity contribution in [3.05, 3.63) is 47.0 Å². The van der Waals surface area contributed by atoms with Gasteiger partial charge in [0.1, 0.15) is 11.9 Å². The highest BCUT2D eigenvalue weighted by molar-refractivity contribution is 5.74. The molecule has 0 bridgehead atoms. The van der Waals surface area contributed by atoms with E-state index in [1.807, 2.05) is 24.0 Å². The van der Waals surface area contributed by atoms with Crippen LogP contribution in [-0.4, -0.2) is 44.9 Å². The van der Waals surface area contributed by atoms with E-state index in [0.29, 0.717) is 19.7 Å². The van der Waals surface area contributed by atoms with E-state index in [1.165, 1.54) is 5.56 Å². The molecule has 1 fully saturated rings. The summed E-state index contributed by atoms with van der Waals surface area (Å²) in [7, 11) is 0. The second-order valence-electron chi connectivity index (χ2n) is 7.13. The van der Waals surface area contributed by atoms with Crippen molar-refractivity contribution in [3.63, 3.8) is 0 Å². The van der Waals surface area contributed by atoms with Gasteiger partial charge in [0.2, 0.25) is 0 Å². The molecular weight excluding hydrogens is 330 g/mol. The smallest absolute Gasteiger partial charge is 0.318 e. The van der Waals surface area contributed by atoms with Gasteiger partial charge in [0.25, 0.3) is 0 Å². The van der Waals surface area contributed by atoms with Gasteiger partial charge in [-0.25, -0.2) is 4.79 Å². The SMILES string of the molecule is Cc1ccccc1[C@H]1CN(C(=O)NCc2nnc3n2CCC3)[C@@H](C)CO1. The molecule has 0 spiro atoms. The number of urea groups is 1. The lowest BCUT2D eigenvalue weighted by molar-refractivity contribution is -0.0431. The van der Waals surface area contributed by atoms with Gasteiger partial charge >= 0.3 is 6.03 Å². The first-order chi connectivity index (χ1) is 12.6. The van der Waals surface area contributed by atoms with Crippen molar-refractivity contribution < 1.29 is 9.53 Å². The number of amides is 2. The molecule has 1 saturated heterocycles. The third-order valence-corrected chi connectivity index (χ3v) is 5.31. The van der Waals surface area contributed by atoms with Gasteiger partial charge in [-0.15, -0.1) is 10.2 Å². The van der Waals surface area contributed by atoms with Crippen molar-refractivity contribution in [2.45, 2.75) is 51.9 Å². The summed E-state index contributed by atoms with van der Waals surface area (Å²) in [4.78, 5) is 14.6. The number of hydrogen-bond acceptors (Lipinski definition) is 4. The molecule has 2 aromatic rings. The minimum atomic E-state index is -0.0875. The molecule has 1 N–H and O–H groups in total. The number of carbonyl (C=O) groups is 1. The Kier molecular flexibility index (Phi) is 4.63. The van der Waals surface area contributed by atoms with E-state index in [-0.39, 0.29) is 18.2 Å². The molecule has 0 radical (unpaired) electrons. The summed E-state index contributed by atoms with van der Waals surface area (Å²) in [6.45, 7) is 6.53. The Morgan fingerprint density at radius 1 is 1.35 bits per heavy atom. The first-order valence-corrected chi connectivity index (χ1v) is 9.26. The van der Waals surface area contributed by atoms with Gasteiger partial charge in [-0.3, -0.25) is 0 Å². The van der Waals surface area contributed by atoms with Gasteiger partial charge in [-0.05, 0) is 31.4 Å². The molecule has 1 aromatic carbocycles. The molecule has 0 unspecified atom stereocenters. The average molecular weight is 355 g/mol. The van der Waals surface area contributed by atoms with Gasteiger partial charge in [-0.2, -0.15) is 0 Å². The minimum Gasteiger partial charge on any atom is -0.370 e. The fourth-order valence-corrected chi connectivity index (χ4v) is 3.77. The van der Waals surface area contributed by atoms with Crippen molar-refractivity contribution in [2.75, 3.05) is 13.2 Å². The number of nitrogens with zero attached hydrogens (tertiary/aromatic N) is 4. The number of carbonyl (C=O) groups excluding carboxylic acids is 1. The quantitative estimate of drug-likeness (QED) is 0.916. The van der Waals surface area contributed by atoms with Crippen molar-refractivity contribution >= 4 is 6.03 Å². The molecule has 2 aliphatic rings. The van der Waals surface area contributed by atoms with Crippen LogP contribution in [-0.2, 0) is 24.2 Å². The van der Waals surface area contributed by atoms with Crippen LogP contribution in [0.2, 0.25) is 0 Å². The predicted octanol–water partition coefficient (Wildman–Crippen LogP) is 2.20. The maximum atomic E-state index is 12.8. The summed E-state index contributed by atoms with van der Waals surface area (Å²) in [6.07, 6.45) is 1.99. The van der Waals surface area contributed by atoms with E-state index in [4.69, 9.17) is 4.74 Å². The molecule has 3 heterocycles. The van der Waals surface area contributed by atoms with Gasteiger partial charge < -0.3 is 19.5 Å².